The van der Waals surface area contributed by atoms with Crippen LogP contribution in [-0.2, 0) is 14.4 Å². The van der Waals surface area contributed by atoms with Crippen molar-refractivity contribution in [3.63, 3.8) is 0 Å². The van der Waals surface area contributed by atoms with Crippen molar-refractivity contribution in [3.8, 4) is 0 Å². The van der Waals surface area contributed by atoms with Gasteiger partial charge in [0, 0.05) is 5.56 Å². The summed E-state index contributed by atoms with van der Waals surface area (Å²) in [6.07, 6.45) is -0.285. The Balaban J connectivity index is 2.28. The van der Waals surface area contributed by atoms with Gasteiger partial charge in [0.05, 0.1) is 7.11 Å². The van der Waals surface area contributed by atoms with Crippen LogP contribution < -0.4 is 0 Å². The Morgan fingerprint density at radius 1 is 1.32 bits per heavy atom. The second kappa shape index (κ2) is 5.43. The highest BCUT2D eigenvalue weighted by atomic mass is 16.6. The van der Waals surface area contributed by atoms with E-state index in [1.165, 1.54) is 12.7 Å². The number of rotatable bonds is 3. The van der Waals surface area contributed by atoms with Crippen LogP contribution in [0.5, 0.6) is 0 Å². The van der Waals surface area contributed by atoms with Gasteiger partial charge in [0.1, 0.15) is 17.7 Å². The zero-order valence-electron chi connectivity index (χ0n) is 11.7. The van der Waals surface area contributed by atoms with E-state index >= 15 is 0 Å². The molecule has 0 saturated carbocycles. The molecule has 0 amide bonds. The molecule has 4 heteroatoms. The number of nitrogens with zero attached hydrogens (tertiary/aromatic N) is 1. The average Bonchev–Trinajstić information content (AvgIpc) is 2.80. The number of hydrogen-bond acceptors (Lipinski definition) is 4. The minimum Gasteiger partial charge on any atom is -0.468 e. The minimum absolute atomic E-state index is 0.285. The molecule has 19 heavy (non-hydrogen) atoms. The molecule has 0 saturated heterocycles. The van der Waals surface area contributed by atoms with Crippen molar-refractivity contribution in [1.29, 1.82) is 0 Å². The van der Waals surface area contributed by atoms with Crippen molar-refractivity contribution in [2.75, 3.05) is 7.11 Å². The molecule has 1 aromatic rings. The van der Waals surface area contributed by atoms with Crippen LogP contribution in [0.25, 0.3) is 0 Å². The first-order chi connectivity index (χ1) is 9.04. The molecule has 0 unspecified atom stereocenters. The SMILES string of the molecule is COC(=O)[C@@H]1C(c2ccc(C(C)C)cc2)=NO[C@H]1C. The topological polar surface area (TPSA) is 47.9 Å². The van der Waals surface area contributed by atoms with Crippen molar-refractivity contribution >= 4 is 11.7 Å². The lowest BCUT2D eigenvalue weighted by molar-refractivity contribution is -0.145. The van der Waals surface area contributed by atoms with E-state index in [0.717, 1.165) is 5.56 Å². The zero-order valence-corrected chi connectivity index (χ0v) is 11.7. The zero-order chi connectivity index (χ0) is 14.0. The van der Waals surface area contributed by atoms with Crippen LogP contribution in [0.3, 0.4) is 0 Å². The fourth-order valence-electron chi connectivity index (χ4n) is 2.18. The number of carbonyl (C=O) groups excluding carboxylic acids is 1. The summed E-state index contributed by atoms with van der Waals surface area (Å²) in [5.74, 6) is -0.280. The number of carbonyl (C=O) groups is 1. The summed E-state index contributed by atoms with van der Waals surface area (Å²) in [4.78, 5) is 17.0. The predicted octanol–water partition coefficient (Wildman–Crippen LogP) is 2.72. The molecule has 102 valence electrons. The van der Waals surface area contributed by atoms with Gasteiger partial charge in [-0.15, -0.1) is 0 Å². The van der Waals surface area contributed by atoms with Crippen LogP contribution in [0.4, 0.5) is 0 Å². The third kappa shape index (κ3) is 2.62. The second-order valence-electron chi connectivity index (χ2n) is 5.06. The van der Waals surface area contributed by atoms with E-state index in [2.05, 4.69) is 31.1 Å². The van der Waals surface area contributed by atoms with Gasteiger partial charge in [-0.05, 0) is 18.4 Å². The monoisotopic (exact) mass is 261 g/mol. The van der Waals surface area contributed by atoms with Gasteiger partial charge in [0.25, 0.3) is 0 Å². The standard InChI is InChI=1S/C15H19NO3/c1-9(2)11-5-7-12(8-6-11)14-13(15(17)18-4)10(3)19-16-14/h5-10,13H,1-4H3/t10-,13-/m0/s1. The minimum atomic E-state index is -0.449. The molecule has 0 aliphatic carbocycles. The van der Waals surface area contributed by atoms with Gasteiger partial charge in [0.15, 0.2) is 0 Å². The van der Waals surface area contributed by atoms with Crippen molar-refractivity contribution in [2.45, 2.75) is 32.8 Å². The van der Waals surface area contributed by atoms with Gasteiger partial charge in [-0.25, -0.2) is 0 Å². The number of methoxy groups -OCH3 is 1. The summed E-state index contributed by atoms with van der Waals surface area (Å²) in [7, 11) is 1.38. The lowest BCUT2D eigenvalue weighted by Gasteiger charge is -2.13. The first kappa shape index (κ1) is 13.6. The Morgan fingerprint density at radius 3 is 2.47 bits per heavy atom. The van der Waals surface area contributed by atoms with Gasteiger partial charge in [0.2, 0.25) is 0 Å². The van der Waals surface area contributed by atoms with Crippen molar-refractivity contribution < 1.29 is 14.4 Å². The smallest absolute Gasteiger partial charge is 0.318 e. The Labute approximate surface area is 113 Å². The Hall–Kier alpha value is -1.84. The van der Waals surface area contributed by atoms with Crippen molar-refractivity contribution in [1.82, 2.24) is 0 Å². The molecule has 0 bridgehead atoms. The number of ether oxygens (including phenoxy) is 1. The normalized spacial score (nSPS) is 22.1. The Bertz CT molecular complexity index is 491. The van der Waals surface area contributed by atoms with E-state index in [1.807, 2.05) is 19.1 Å². The Kier molecular flexibility index (Phi) is 3.88. The maximum absolute atomic E-state index is 11.8. The maximum Gasteiger partial charge on any atom is 0.318 e. The van der Waals surface area contributed by atoms with E-state index in [1.54, 1.807) is 0 Å². The van der Waals surface area contributed by atoms with Gasteiger partial charge >= 0.3 is 5.97 Å². The molecule has 1 aromatic carbocycles. The summed E-state index contributed by atoms with van der Waals surface area (Å²) < 4.78 is 4.82. The molecule has 0 spiro atoms. The third-order valence-corrected chi connectivity index (χ3v) is 3.41. The molecule has 0 fully saturated rings. The quantitative estimate of drug-likeness (QED) is 0.786. The van der Waals surface area contributed by atoms with E-state index in [0.29, 0.717) is 11.6 Å². The van der Waals surface area contributed by atoms with E-state index in [-0.39, 0.29) is 12.1 Å². The highest BCUT2D eigenvalue weighted by Crippen LogP contribution is 2.25. The van der Waals surface area contributed by atoms with Crippen LogP contribution in [-0.4, -0.2) is 24.9 Å². The molecule has 4 nitrogen and oxygen atoms in total. The first-order valence-electron chi connectivity index (χ1n) is 6.46. The van der Waals surface area contributed by atoms with Crippen LogP contribution in [0.1, 0.15) is 37.8 Å². The summed E-state index contributed by atoms with van der Waals surface area (Å²) in [5, 5.41) is 4.03. The second-order valence-corrected chi connectivity index (χ2v) is 5.06. The van der Waals surface area contributed by atoms with E-state index < -0.39 is 5.92 Å². The maximum atomic E-state index is 11.8. The third-order valence-electron chi connectivity index (χ3n) is 3.41. The predicted molar refractivity (Wildman–Crippen MR) is 73.1 cm³/mol. The van der Waals surface area contributed by atoms with Gasteiger partial charge in [-0.3, -0.25) is 4.79 Å². The number of benzene rings is 1. The molecule has 2 atom stereocenters. The van der Waals surface area contributed by atoms with Gasteiger partial charge in [-0.1, -0.05) is 43.3 Å². The summed E-state index contributed by atoms with van der Waals surface area (Å²) >= 11 is 0. The molecular weight excluding hydrogens is 242 g/mol. The van der Waals surface area contributed by atoms with Crippen molar-refractivity contribution in [2.24, 2.45) is 11.1 Å². The molecule has 1 aliphatic rings. The van der Waals surface area contributed by atoms with Crippen LogP contribution in [0.15, 0.2) is 29.4 Å². The average molecular weight is 261 g/mol. The first-order valence-corrected chi connectivity index (χ1v) is 6.46. The van der Waals surface area contributed by atoms with Crippen molar-refractivity contribution in [3.05, 3.63) is 35.4 Å². The fourth-order valence-corrected chi connectivity index (χ4v) is 2.18. The van der Waals surface area contributed by atoms with Gasteiger partial charge < -0.3 is 9.57 Å². The van der Waals surface area contributed by atoms with Crippen LogP contribution in [0, 0.1) is 5.92 Å². The highest BCUT2D eigenvalue weighted by molar-refractivity contribution is 6.12. The molecule has 1 aliphatic heterocycles. The molecule has 0 N–H and O–H groups in total. The summed E-state index contributed by atoms with van der Waals surface area (Å²) in [6, 6.07) is 8.07. The molecule has 0 aromatic heterocycles. The summed E-state index contributed by atoms with van der Waals surface area (Å²) in [5.41, 5.74) is 2.81. The van der Waals surface area contributed by atoms with Crippen LogP contribution in [0.2, 0.25) is 0 Å². The molecule has 1 heterocycles. The largest absolute Gasteiger partial charge is 0.468 e. The molecule has 2 rings (SSSR count). The van der Waals surface area contributed by atoms with E-state index in [9.17, 15) is 4.79 Å². The van der Waals surface area contributed by atoms with E-state index in [4.69, 9.17) is 9.57 Å². The highest BCUT2D eigenvalue weighted by Gasteiger charge is 2.38. The Morgan fingerprint density at radius 2 is 1.95 bits per heavy atom. The molecular formula is C15H19NO3. The number of hydrogen-bond donors (Lipinski definition) is 0. The number of oxime groups is 1. The lowest BCUT2D eigenvalue weighted by Crippen LogP contribution is -2.30. The lowest BCUT2D eigenvalue weighted by atomic mass is 9.92. The fraction of sp³-hybridized carbons (Fsp3) is 0.467. The number of esters is 1. The van der Waals surface area contributed by atoms with Crippen LogP contribution >= 0.6 is 0 Å². The summed E-state index contributed by atoms with van der Waals surface area (Å²) in [6.45, 7) is 6.11. The molecule has 0 radical (unpaired) electrons. The van der Waals surface area contributed by atoms with Gasteiger partial charge in [-0.2, -0.15) is 0 Å².